The first-order valence-corrected chi connectivity index (χ1v) is 9.25. The maximum absolute atomic E-state index is 12.7. The van der Waals surface area contributed by atoms with Gasteiger partial charge in [0.05, 0.1) is 7.11 Å². The van der Waals surface area contributed by atoms with Crippen LogP contribution >= 0.6 is 0 Å². The molecule has 0 saturated heterocycles. The highest BCUT2D eigenvalue weighted by atomic mass is 16.5. The molecule has 3 heterocycles. The fourth-order valence-electron chi connectivity index (χ4n) is 2.98. The van der Waals surface area contributed by atoms with Crippen LogP contribution in [-0.2, 0) is 7.05 Å². The molecule has 0 unspecified atom stereocenters. The van der Waals surface area contributed by atoms with E-state index in [2.05, 4.69) is 25.6 Å². The smallest absolute Gasteiger partial charge is 0.272 e. The van der Waals surface area contributed by atoms with E-state index < -0.39 is 0 Å². The van der Waals surface area contributed by atoms with Crippen molar-refractivity contribution in [1.29, 1.82) is 0 Å². The number of hydrogen-bond acceptors (Lipinski definition) is 6. The van der Waals surface area contributed by atoms with Gasteiger partial charge in [-0.25, -0.2) is 15.0 Å². The summed E-state index contributed by atoms with van der Waals surface area (Å²) in [6.45, 7) is 0. The molecule has 30 heavy (non-hydrogen) atoms. The Kier molecular flexibility index (Phi) is 5.38. The highest BCUT2D eigenvalue weighted by Crippen LogP contribution is 2.24. The summed E-state index contributed by atoms with van der Waals surface area (Å²) in [5.74, 6) is 0.594. The van der Waals surface area contributed by atoms with Crippen LogP contribution in [0.2, 0.25) is 0 Å². The maximum Gasteiger partial charge on any atom is 0.272 e. The second-order valence-electron chi connectivity index (χ2n) is 6.53. The molecule has 3 aromatic heterocycles. The van der Waals surface area contributed by atoms with E-state index in [1.165, 1.54) is 7.11 Å². The highest BCUT2D eigenvalue weighted by Gasteiger charge is 2.15. The maximum atomic E-state index is 12.7. The van der Waals surface area contributed by atoms with E-state index in [1.807, 2.05) is 43.6 Å². The number of nitrogens with zero attached hydrogens (tertiary/aromatic N) is 4. The molecule has 150 valence electrons. The van der Waals surface area contributed by atoms with Crippen LogP contribution in [0.25, 0.3) is 11.1 Å². The predicted octanol–water partition coefficient (Wildman–Crippen LogP) is 3.88. The van der Waals surface area contributed by atoms with Crippen molar-refractivity contribution in [2.75, 3.05) is 17.7 Å². The SMILES string of the molecule is COc1ncccc1NC(=O)c1cc(-c2cnc(Nc3ccccc3)nc2)cn1C. The third kappa shape index (κ3) is 4.12. The van der Waals surface area contributed by atoms with E-state index >= 15 is 0 Å². The van der Waals surface area contributed by atoms with E-state index in [0.717, 1.165) is 16.8 Å². The third-order valence-corrected chi connectivity index (χ3v) is 4.47. The first kappa shape index (κ1) is 19.1. The number of anilines is 3. The average molecular weight is 400 g/mol. The first-order chi connectivity index (χ1) is 14.6. The molecule has 0 bridgehead atoms. The summed E-state index contributed by atoms with van der Waals surface area (Å²) < 4.78 is 6.94. The number of hydrogen-bond donors (Lipinski definition) is 2. The van der Waals surface area contributed by atoms with Gasteiger partial charge in [-0.15, -0.1) is 0 Å². The highest BCUT2D eigenvalue weighted by molar-refractivity contribution is 6.04. The number of nitrogens with one attached hydrogen (secondary N) is 2. The number of para-hydroxylation sites is 1. The number of rotatable bonds is 6. The molecule has 0 aliphatic carbocycles. The number of aryl methyl sites for hydroxylation is 1. The minimum atomic E-state index is -0.265. The lowest BCUT2D eigenvalue weighted by atomic mass is 10.2. The average Bonchev–Trinajstić information content (AvgIpc) is 3.17. The molecule has 0 fully saturated rings. The number of pyridine rings is 1. The van der Waals surface area contributed by atoms with E-state index in [-0.39, 0.29) is 5.91 Å². The standard InChI is InChI=1S/C22H20N6O2/c1-28-14-15(11-19(28)20(29)27-18-9-6-10-23-21(18)30-2)16-12-24-22(25-13-16)26-17-7-4-3-5-8-17/h3-14H,1-2H3,(H,27,29)(H,24,25,26). The Bertz CT molecular complexity index is 1160. The number of carbonyl (C=O) groups excluding carboxylic acids is 1. The van der Waals surface area contributed by atoms with E-state index in [4.69, 9.17) is 4.74 Å². The molecular weight excluding hydrogens is 380 g/mol. The summed E-state index contributed by atoms with van der Waals surface area (Å²) in [5, 5.41) is 5.98. The lowest BCUT2D eigenvalue weighted by Crippen LogP contribution is -2.16. The minimum absolute atomic E-state index is 0.265. The molecule has 1 amide bonds. The van der Waals surface area contributed by atoms with Crippen molar-refractivity contribution in [2.24, 2.45) is 7.05 Å². The molecule has 0 aliphatic rings. The zero-order valence-corrected chi connectivity index (χ0v) is 16.5. The van der Waals surface area contributed by atoms with Gasteiger partial charge in [0.25, 0.3) is 5.91 Å². The molecule has 4 aromatic rings. The number of carbonyl (C=O) groups is 1. The Morgan fingerprint density at radius 1 is 1.00 bits per heavy atom. The normalized spacial score (nSPS) is 10.5. The van der Waals surface area contributed by atoms with Gasteiger partial charge in [0.2, 0.25) is 11.8 Å². The van der Waals surface area contributed by atoms with E-state index in [0.29, 0.717) is 23.2 Å². The molecule has 0 saturated carbocycles. The topological polar surface area (TPSA) is 94.0 Å². The van der Waals surface area contributed by atoms with Crippen LogP contribution in [0.15, 0.2) is 73.3 Å². The van der Waals surface area contributed by atoms with Crippen LogP contribution in [0.5, 0.6) is 5.88 Å². The number of amides is 1. The summed E-state index contributed by atoms with van der Waals surface area (Å²) in [6, 6.07) is 15.0. The Hall–Kier alpha value is -4.20. The van der Waals surface area contributed by atoms with Crippen molar-refractivity contribution in [2.45, 2.75) is 0 Å². The molecule has 8 nitrogen and oxygen atoms in total. The zero-order chi connectivity index (χ0) is 20.9. The van der Waals surface area contributed by atoms with Gasteiger partial charge in [0.1, 0.15) is 11.4 Å². The van der Waals surface area contributed by atoms with Crippen molar-refractivity contribution in [3.05, 3.63) is 79.0 Å². The second-order valence-corrected chi connectivity index (χ2v) is 6.53. The fourth-order valence-corrected chi connectivity index (χ4v) is 2.98. The molecule has 4 rings (SSSR count). The van der Waals surface area contributed by atoms with Gasteiger partial charge in [0.15, 0.2) is 0 Å². The Morgan fingerprint density at radius 2 is 1.77 bits per heavy atom. The van der Waals surface area contributed by atoms with Gasteiger partial charge in [0, 0.05) is 48.6 Å². The second kappa shape index (κ2) is 8.44. The summed E-state index contributed by atoms with van der Waals surface area (Å²) in [6.07, 6.45) is 6.91. The summed E-state index contributed by atoms with van der Waals surface area (Å²) in [7, 11) is 3.32. The number of ether oxygens (including phenoxy) is 1. The monoisotopic (exact) mass is 400 g/mol. The van der Waals surface area contributed by atoms with Crippen LogP contribution in [0.4, 0.5) is 17.3 Å². The quantitative estimate of drug-likeness (QED) is 0.510. The van der Waals surface area contributed by atoms with Gasteiger partial charge in [-0.3, -0.25) is 4.79 Å². The Balaban J connectivity index is 1.51. The van der Waals surface area contributed by atoms with E-state index in [9.17, 15) is 4.79 Å². The molecule has 0 aliphatic heterocycles. The molecule has 0 atom stereocenters. The summed E-state index contributed by atoms with van der Waals surface area (Å²) in [5.41, 5.74) is 3.55. The number of benzene rings is 1. The molecule has 0 spiro atoms. The lowest BCUT2D eigenvalue weighted by molar-refractivity contribution is 0.101. The Labute approximate surface area is 173 Å². The van der Waals surface area contributed by atoms with Gasteiger partial charge in [-0.1, -0.05) is 18.2 Å². The van der Waals surface area contributed by atoms with Gasteiger partial charge in [-0.2, -0.15) is 0 Å². The minimum Gasteiger partial charge on any atom is -0.480 e. The largest absolute Gasteiger partial charge is 0.480 e. The molecular formula is C22H20N6O2. The van der Waals surface area contributed by atoms with E-state index in [1.54, 1.807) is 41.4 Å². The predicted molar refractivity (Wildman–Crippen MR) is 115 cm³/mol. The molecule has 0 radical (unpaired) electrons. The molecule has 8 heteroatoms. The van der Waals surface area contributed by atoms with Crippen molar-refractivity contribution >= 4 is 23.2 Å². The third-order valence-electron chi connectivity index (χ3n) is 4.47. The number of aromatic nitrogens is 4. The molecule has 2 N–H and O–H groups in total. The Morgan fingerprint density at radius 3 is 2.50 bits per heavy atom. The summed E-state index contributed by atoms with van der Waals surface area (Å²) in [4.78, 5) is 25.6. The van der Waals surface area contributed by atoms with Crippen molar-refractivity contribution in [3.8, 4) is 17.0 Å². The summed E-state index contributed by atoms with van der Waals surface area (Å²) >= 11 is 0. The zero-order valence-electron chi connectivity index (χ0n) is 16.5. The van der Waals surface area contributed by atoms with Crippen molar-refractivity contribution in [1.82, 2.24) is 19.5 Å². The molecule has 1 aromatic carbocycles. The van der Waals surface area contributed by atoms with Crippen LogP contribution in [0, 0.1) is 0 Å². The lowest BCUT2D eigenvalue weighted by Gasteiger charge is -2.08. The van der Waals surface area contributed by atoms with Crippen LogP contribution in [0.1, 0.15) is 10.5 Å². The van der Waals surface area contributed by atoms with Crippen molar-refractivity contribution < 1.29 is 9.53 Å². The van der Waals surface area contributed by atoms with Gasteiger partial charge in [-0.05, 0) is 30.3 Å². The van der Waals surface area contributed by atoms with Crippen LogP contribution < -0.4 is 15.4 Å². The van der Waals surface area contributed by atoms with Gasteiger partial charge < -0.3 is 19.9 Å². The fraction of sp³-hybridized carbons (Fsp3) is 0.0909. The van der Waals surface area contributed by atoms with Crippen LogP contribution in [0.3, 0.4) is 0 Å². The first-order valence-electron chi connectivity index (χ1n) is 9.25. The van der Waals surface area contributed by atoms with Crippen LogP contribution in [-0.4, -0.2) is 32.5 Å². The van der Waals surface area contributed by atoms with Gasteiger partial charge >= 0.3 is 0 Å². The van der Waals surface area contributed by atoms with Crippen molar-refractivity contribution in [3.63, 3.8) is 0 Å². The number of methoxy groups -OCH3 is 1.